The number of rotatable bonds is 3. The first kappa shape index (κ1) is 19.2. The Morgan fingerprint density at radius 2 is 1.67 bits per heavy atom. The van der Waals surface area contributed by atoms with Crippen LogP contribution >= 0.6 is 0 Å². The minimum absolute atomic E-state index is 0.0101. The van der Waals surface area contributed by atoms with Crippen molar-refractivity contribution in [2.45, 2.75) is 26.3 Å². The molecule has 2 fully saturated rings. The summed E-state index contributed by atoms with van der Waals surface area (Å²) in [6, 6.07) is 7.76. The van der Waals surface area contributed by atoms with Gasteiger partial charge < -0.3 is 19.4 Å². The van der Waals surface area contributed by atoms with E-state index in [0.29, 0.717) is 32.8 Å². The van der Waals surface area contributed by atoms with Gasteiger partial charge in [-0.25, -0.2) is 4.79 Å². The highest BCUT2D eigenvalue weighted by atomic mass is 16.6. The van der Waals surface area contributed by atoms with Gasteiger partial charge in [-0.2, -0.15) is 0 Å². The normalized spacial score (nSPS) is 22.9. The smallest absolute Gasteiger partial charge is 0.409 e. The van der Waals surface area contributed by atoms with Crippen LogP contribution in [0, 0.1) is 12.8 Å². The Bertz CT molecular complexity index is 710. The average molecular weight is 373 g/mol. The minimum Gasteiger partial charge on any atom is -0.450 e. The van der Waals surface area contributed by atoms with Crippen molar-refractivity contribution in [3.05, 3.63) is 35.4 Å². The van der Waals surface area contributed by atoms with Crippen molar-refractivity contribution < 1.29 is 19.1 Å². The van der Waals surface area contributed by atoms with Gasteiger partial charge in [0.25, 0.3) is 0 Å². The van der Waals surface area contributed by atoms with Crippen LogP contribution in [-0.2, 0) is 14.3 Å². The van der Waals surface area contributed by atoms with E-state index in [2.05, 4.69) is 0 Å². The number of benzene rings is 1. The zero-order valence-electron chi connectivity index (χ0n) is 16.2. The van der Waals surface area contributed by atoms with Crippen molar-refractivity contribution in [2.24, 2.45) is 5.92 Å². The van der Waals surface area contributed by atoms with Gasteiger partial charge in [0.1, 0.15) is 0 Å². The Morgan fingerprint density at radius 1 is 1.07 bits per heavy atom. The van der Waals surface area contributed by atoms with Crippen molar-refractivity contribution in [3.8, 4) is 0 Å². The van der Waals surface area contributed by atoms with Gasteiger partial charge in [-0.05, 0) is 19.4 Å². The van der Waals surface area contributed by atoms with Gasteiger partial charge in [-0.1, -0.05) is 29.8 Å². The van der Waals surface area contributed by atoms with E-state index in [9.17, 15) is 14.4 Å². The summed E-state index contributed by atoms with van der Waals surface area (Å²) in [5, 5.41) is 0. The largest absolute Gasteiger partial charge is 0.450 e. The molecule has 0 radical (unpaired) electrons. The molecule has 0 aliphatic carbocycles. The number of carbonyl (C=O) groups is 3. The van der Waals surface area contributed by atoms with E-state index in [-0.39, 0.29) is 36.3 Å². The van der Waals surface area contributed by atoms with Gasteiger partial charge in [0.2, 0.25) is 11.8 Å². The molecule has 1 aromatic rings. The van der Waals surface area contributed by atoms with E-state index < -0.39 is 0 Å². The molecule has 0 bridgehead atoms. The van der Waals surface area contributed by atoms with E-state index in [1.165, 1.54) is 0 Å². The lowest BCUT2D eigenvalue weighted by molar-refractivity contribution is -0.138. The molecule has 1 aromatic carbocycles. The standard InChI is InChI=1S/C20H27N3O4/c1-4-27-20(26)23-11-9-22(10-12-23)19(25)16-13-17(24)21(3)18(16)15-7-5-14(2)6-8-15/h5-8,16,18H,4,9-13H2,1-3H3/t16-,18+/m1/s1. The Kier molecular flexibility index (Phi) is 5.68. The van der Waals surface area contributed by atoms with Crippen LogP contribution in [0.4, 0.5) is 4.79 Å². The second kappa shape index (κ2) is 7.98. The number of hydrogen-bond donors (Lipinski definition) is 0. The van der Waals surface area contributed by atoms with Gasteiger partial charge in [-0.3, -0.25) is 9.59 Å². The monoisotopic (exact) mass is 373 g/mol. The first-order valence-electron chi connectivity index (χ1n) is 9.45. The maximum atomic E-state index is 13.2. The van der Waals surface area contributed by atoms with Crippen molar-refractivity contribution in [1.29, 1.82) is 0 Å². The second-order valence-electron chi connectivity index (χ2n) is 7.18. The number of aryl methyl sites for hydroxylation is 1. The molecule has 7 nitrogen and oxygen atoms in total. The number of nitrogens with zero attached hydrogens (tertiary/aromatic N) is 3. The highest BCUT2D eigenvalue weighted by molar-refractivity contribution is 5.90. The summed E-state index contributed by atoms with van der Waals surface area (Å²) in [5.41, 5.74) is 2.13. The van der Waals surface area contributed by atoms with E-state index >= 15 is 0 Å². The molecule has 2 atom stereocenters. The summed E-state index contributed by atoms with van der Waals surface area (Å²) >= 11 is 0. The molecule has 0 aromatic heterocycles. The number of hydrogen-bond acceptors (Lipinski definition) is 4. The maximum Gasteiger partial charge on any atom is 0.409 e. The van der Waals surface area contributed by atoms with Crippen LogP contribution in [0.25, 0.3) is 0 Å². The van der Waals surface area contributed by atoms with Crippen LogP contribution in [-0.4, -0.2) is 72.4 Å². The fraction of sp³-hybridized carbons (Fsp3) is 0.550. The molecular weight excluding hydrogens is 346 g/mol. The third-order valence-electron chi connectivity index (χ3n) is 5.44. The Hall–Kier alpha value is -2.57. The molecule has 0 saturated carbocycles. The van der Waals surface area contributed by atoms with E-state index in [1.54, 1.807) is 28.7 Å². The molecular formula is C20H27N3O4. The van der Waals surface area contributed by atoms with Crippen LogP contribution in [0.5, 0.6) is 0 Å². The van der Waals surface area contributed by atoms with Crippen molar-refractivity contribution >= 4 is 17.9 Å². The molecule has 3 amide bonds. The molecule has 27 heavy (non-hydrogen) atoms. The Morgan fingerprint density at radius 3 is 2.26 bits per heavy atom. The first-order valence-corrected chi connectivity index (χ1v) is 9.45. The summed E-state index contributed by atoms with van der Waals surface area (Å²) in [5.74, 6) is -0.412. The van der Waals surface area contributed by atoms with E-state index in [0.717, 1.165) is 11.1 Å². The predicted octanol–water partition coefficient (Wildman–Crippen LogP) is 1.82. The molecule has 2 saturated heterocycles. The van der Waals surface area contributed by atoms with Gasteiger partial charge in [-0.15, -0.1) is 0 Å². The summed E-state index contributed by atoms with van der Waals surface area (Å²) in [4.78, 5) is 42.4. The number of likely N-dealkylation sites (tertiary alicyclic amines) is 1. The van der Waals surface area contributed by atoms with E-state index in [4.69, 9.17) is 4.74 Å². The Balaban J connectivity index is 1.70. The highest BCUT2D eigenvalue weighted by Crippen LogP contribution is 2.38. The molecule has 0 unspecified atom stereocenters. The third-order valence-corrected chi connectivity index (χ3v) is 5.44. The van der Waals surface area contributed by atoms with Crippen molar-refractivity contribution in [2.75, 3.05) is 39.8 Å². The summed E-state index contributed by atoms with van der Waals surface area (Å²) < 4.78 is 5.02. The summed E-state index contributed by atoms with van der Waals surface area (Å²) in [6.45, 7) is 5.97. The number of ether oxygens (including phenoxy) is 1. The van der Waals surface area contributed by atoms with Gasteiger partial charge in [0.15, 0.2) is 0 Å². The van der Waals surface area contributed by atoms with Gasteiger partial charge in [0.05, 0.1) is 18.6 Å². The number of amides is 3. The zero-order chi connectivity index (χ0) is 19.6. The molecule has 2 aliphatic heterocycles. The summed E-state index contributed by atoms with van der Waals surface area (Å²) in [7, 11) is 1.76. The molecule has 0 spiro atoms. The van der Waals surface area contributed by atoms with E-state index in [1.807, 2.05) is 31.2 Å². The molecule has 7 heteroatoms. The van der Waals surface area contributed by atoms with Crippen LogP contribution in [0.2, 0.25) is 0 Å². The molecule has 146 valence electrons. The average Bonchev–Trinajstić information content (AvgIpc) is 2.97. The van der Waals surface area contributed by atoms with Crippen LogP contribution in [0.1, 0.15) is 30.5 Å². The summed E-state index contributed by atoms with van der Waals surface area (Å²) in [6.07, 6.45) is -0.107. The highest BCUT2D eigenvalue weighted by Gasteiger charge is 2.44. The second-order valence-corrected chi connectivity index (χ2v) is 7.18. The SMILES string of the molecule is CCOC(=O)N1CCN(C(=O)[C@@H]2CC(=O)N(C)[C@H]2c2ccc(C)cc2)CC1. The minimum atomic E-state index is -0.389. The van der Waals surface area contributed by atoms with Gasteiger partial charge in [0, 0.05) is 39.6 Å². The van der Waals surface area contributed by atoms with Crippen LogP contribution in [0.15, 0.2) is 24.3 Å². The molecule has 0 N–H and O–H groups in total. The zero-order valence-corrected chi connectivity index (χ0v) is 16.2. The Labute approximate surface area is 159 Å². The molecule has 3 rings (SSSR count). The third kappa shape index (κ3) is 3.91. The number of carbonyl (C=O) groups excluding carboxylic acids is 3. The van der Waals surface area contributed by atoms with Gasteiger partial charge >= 0.3 is 6.09 Å². The fourth-order valence-corrected chi connectivity index (χ4v) is 3.87. The topological polar surface area (TPSA) is 70.2 Å². The molecule has 2 aliphatic rings. The van der Waals surface area contributed by atoms with Crippen molar-refractivity contribution in [1.82, 2.24) is 14.7 Å². The van der Waals surface area contributed by atoms with Crippen LogP contribution < -0.4 is 0 Å². The lowest BCUT2D eigenvalue weighted by Crippen LogP contribution is -2.52. The lowest BCUT2D eigenvalue weighted by atomic mass is 9.91. The predicted molar refractivity (Wildman–Crippen MR) is 100.0 cm³/mol. The fourth-order valence-electron chi connectivity index (χ4n) is 3.87. The van der Waals surface area contributed by atoms with Crippen molar-refractivity contribution in [3.63, 3.8) is 0 Å². The lowest BCUT2D eigenvalue weighted by Gasteiger charge is -2.36. The number of piperazine rings is 1. The van der Waals surface area contributed by atoms with Crippen LogP contribution in [0.3, 0.4) is 0 Å². The first-order chi connectivity index (χ1) is 12.9. The molecule has 2 heterocycles. The maximum absolute atomic E-state index is 13.2. The quantitative estimate of drug-likeness (QED) is 0.810.